The van der Waals surface area contributed by atoms with Gasteiger partial charge in [-0.2, -0.15) is 0 Å². The Labute approximate surface area is 580 Å². The summed E-state index contributed by atoms with van der Waals surface area (Å²) in [5.74, 6) is 0.0684. The van der Waals surface area contributed by atoms with Crippen molar-refractivity contribution in [1.29, 1.82) is 0 Å². The number of carbonyl (C=O) groups is 4. The lowest BCUT2D eigenvalue weighted by atomic mass is 9.99. The first-order valence-electron chi connectivity index (χ1n) is 38.7. The van der Waals surface area contributed by atoms with E-state index < -0.39 is 97.5 Å². The van der Waals surface area contributed by atoms with Crippen LogP contribution in [0, 0.1) is 17.8 Å². The predicted octanol–water partition coefficient (Wildman–Crippen LogP) is 21.7. The Hall–Kier alpha value is -2.46. The number of esters is 4. The van der Waals surface area contributed by atoms with Crippen LogP contribution < -0.4 is 0 Å². The predicted molar refractivity (Wildman–Crippen MR) is 386 cm³/mol. The third-order valence-electron chi connectivity index (χ3n) is 17.4. The van der Waals surface area contributed by atoms with Crippen molar-refractivity contribution >= 4 is 39.5 Å². The Morgan fingerprint density at radius 3 is 0.937 bits per heavy atom. The van der Waals surface area contributed by atoms with E-state index in [0.717, 1.165) is 121 Å². The molecule has 0 heterocycles. The molecule has 0 aliphatic rings. The van der Waals surface area contributed by atoms with E-state index in [1.165, 1.54) is 148 Å². The highest BCUT2D eigenvalue weighted by atomic mass is 31.2. The number of carbonyl (C=O) groups excluding carboxylic acids is 4. The number of aliphatic hydroxyl groups excluding tert-OH is 1. The number of allylic oxidation sites excluding steroid dienone is 4. The van der Waals surface area contributed by atoms with Crippen molar-refractivity contribution in [1.82, 2.24) is 0 Å². The van der Waals surface area contributed by atoms with Crippen molar-refractivity contribution in [2.24, 2.45) is 17.8 Å². The fourth-order valence-corrected chi connectivity index (χ4v) is 12.6. The molecule has 3 unspecified atom stereocenters. The number of aliphatic hydroxyl groups is 1. The third kappa shape index (κ3) is 68.5. The summed E-state index contributed by atoms with van der Waals surface area (Å²) in [4.78, 5) is 72.6. The molecule has 560 valence electrons. The second-order valence-electron chi connectivity index (χ2n) is 27.9. The van der Waals surface area contributed by atoms with Crippen molar-refractivity contribution in [3.8, 4) is 0 Å². The van der Waals surface area contributed by atoms with Gasteiger partial charge in [-0.05, 0) is 69.1 Å². The fraction of sp³-hybridized carbons (Fsp3) is 0.895. The molecule has 6 atom stereocenters. The van der Waals surface area contributed by atoms with Crippen LogP contribution in [-0.2, 0) is 65.4 Å². The van der Waals surface area contributed by atoms with E-state index in [1.54, 1.807) is 0 Å². The fourth-order valence-electron chi connectivity index (χ4n) is 11.0. The number of phosphoric acid groups is 2. The van der Waals surface area contributed by atoms with E-state index in [4.69, 9.17) is 37.0 Å². The minimum absolute atomic E-state index is 0.0836. The molecular weight excluding hydrogens is 1250 g/mol. The molecule has 0 saturated heterocycles. The van der Waals surface area contributed by atoms with Crippen molar-refractivity contribution in [2.45, 2.75) is 381 Å². The van der Waals surface area contributed by atoms with Gasteiger partial charge in [-0.25, -0.2) is 9.13 Å². The molecule has 0 aromatic heterocycles. The highest BCUT2D eigenvalue weighted by Crippen LogP contribution is 2.45. The quantitative estimate of drug-likeness (QED) is 0.0169. The molecule has 0 spiro atoms. The monoisotopic (exact) mass is 1390 g/mol. The molecule has 17 nitrogen and oxygen atoms in total. The topological polar surface area (TPSA) is 237 Å². The second kappa shape index (κ2) is 66.1. The molecule has 0 aromatic rings. The normalized spacial score (nSPS) is 14.5. The summed E-state index contributed by atoms with van der Waals surface area (Å²) >= 11 is 0. The van der Waals surface area contributed by atoms with Crippen molar-refractivity contribution < 1.29 is 80.2 Å². The van der Waals surface area contributed by atoms with Crippen LogP contribution in [0.5, 0.6) is 0 Å². The van der Waals surface area contributed by atoms with Crippen LogP contribution in [-0.4, -0.2) is 96.7 Å². The summed E-state index contributed by atoms with van der Waals surface area (Å²) in [6.45, 7) is 11.7. The summed E-state index contributed by atoms with van der Waals surface area (Å²) in [5, 5.41) is 10.6. The van der Waals surface area contributed by atoms with Gasteiger partial charge in [0.1, 0.15) is 19.3 Å². The van der Waals surface area contributed by atoms with E-state index in [2.05, 4.69) is 72.8 Å². The zero-order chi connectivity index (χ0) is 70.1. The van der Waals surface area contributed by atoms with Crippen LogP contribution in [0.2, 0.25) is 0 Å². The zero-order valence-electron chi connectivity index (χ0n) is 61.6. The van der Waals surface area contributed by atoms with Gasteiger partial charge in [-0.1, -0.05) is 310 Å². The summed E-state index contributed by atoms with van der Waals surface area (Å²) < 4.78 is 68.3. The summed E-state index contributed by atoms with van der Waals surface area (Å²) in [7, 11) is -9.92. The van der Waals surface area contributed by atoms with Crippen molar-refractivity contribution in [2.75, 3.05) is 39.6 Å². The molecule has 0 aliphatic carbocycles. The highest BCUT2D eigenvalue weighted by Gasteiger charge is 2.30. The minimum atomic E-state index is -4.96. The SMILES string of the molecule is CCCCCC/C=C\C=C/CCCCCCCC(=O)O[C@H](COC(=O)CCCCCCCCC(C)C)COP(=O)(O)OC[C@@H](O)COP(=O)(O)OC[C@@H](COC(=O)CCCCCCCCC(C)C)OC(=O)CCCCCCCCCCCCCCCCCCCCC(C)CC. The van der Waals surface area contributed by atoms with Gasteiger partial charge in [-0.3, -0.25) is 37.3 Å². The minimum Gasteiger partial charge on any atom is -0.462 e. The maximum Gasteiger partial charge on any atom is 0.472 e. The first-order chi connectivity index (χ1) is 45.8. The first kappa shape index (κ1) is 92.5. The molecule has 0 aromatic carbocycles. The van der Waals surface area contributed by atoms with Gasteiger partial charge < -0.3 is 33.8 Å². The Morgan fingerprint density at radius 1 is 0.347 bits per heavy atom. The Bertz CT molecular complexity index is 1950. The number of rotatable bonds is 72. The molecule has 0 bridgehead atoms. The average Bonchev–Trinajstić information content (AvgIpc) is 1.74. The average molecular weight is 1390 g/mol. The summed E-state index contributed by atoms with van der Waals surface area (Å²) in [6, 6.07) is 0. The van der Waals surface area contributed by atoms with Gasteiger partial charge in [0.2, 0.25) is 0 Å². The van der Waals surface area contributed by atoms with Crippen LogP contribution in [0.15, 0.2) is 24.3 Å². The number of hydrogen-bond donors (Lipinski definition) is 3. The van der Waals surface area contributed by atoms with Crippen molar-refractivity contribution in [3.05, 3.63) is 24.3 Å². The van der Waals surface area contributed by atoms with Crippen molar-refractivity contribution in [3.63, 3.8) is 0 Å². The summed E-state index contributed by atoms with van der Waals surface area (Å²) in [6.07, 6.45) is 55.4. The smallest absolute Gasteiger partial charge is 0.462 e. The second-order valence-corrected chi connectivity index (χ2v) is 30.8. The van der Waals surface area contributed by atoms with Gasteiger partial charge in [0, 0.05) is 25.7 Å². The van der Waals surface area contributed by atoms with E-state index >= 15 is 0 Å². The largest absolute Gasteiger partial charge is 0.472 e. The van der Waals surface area contributed by atoms with Gasteiger partial charge in [0.25, 0.3) is 0 Å². The number of unbranched alkanes of at least 4 members (excludes halogenated alkanes) is 36. The van der Waals surface area contributed by atoms with E-state index in [-0.39, 0.29) is 25.7 Å². The maximum atomic E-state index is 13.0. The van der Waals surface area contributed by atoms with Crippen LogP contribution in [0.1, 0.15) is 363 Å². The van der Waals surface area contributed by atoms with E-state index in [9.17, 15) is 43.2 Å². The van der Waals surface area contributed by atoms with Gasteiger partial charge in [0.05, 0.1) is 26.4 Å². The Morgan fingerprint density at radius 2 is 0.621 bits per heavy atom. The van der Waals surface area contributed by atoms with Crippen LogP contribution in [0.25, 0.3) is 0 Å². The lowest BCUT2D eigenvalue weighted by molar-refractivity contribution is -0.161. The number of phosphoric ester groups is 2. The maximum absolute atomic E-state index is 13.0. The van der Waals surface area contributed by atoms with Crippen LogP contribution in [0.4, 0.5) is 0 Å². The molecule has 0 rings (SSSR count). The first-order valence-corrected chi connectivity index (χ1v) is 41.7. The molecule has 0 aliphatic heterocycles. The van der Waals surface area contributed by atoms with Crippen LogP contribution >= 0.6 is 15.6 Å². The lowest BCUT2D eigenvalue weighted by Crippen LogP contribution is -2.30. The van der Waals surface area contributed by atoms with E-state index in [1.807, 2.05) is 0 Å². The summed E-state index contributed by atoms with van der Waals surface area (Å²) in [5.41, 5.74) is 0. The van der Waals surface area contributed by atoms with E-state index in [0.29, 0.717) is 37.5 Å². The number of ether oxygens (including phenoxy) is 4. The molecule has 95 heavy (non-hydrogen) atoms. The number of hydrogen-bond acceptors (Lipinski definition) is 15. The lowest BCUT2D eigenvalue weighted by Gasteiger charge is -2.21. The highest BCUT2D eigenvalue weighted by molar-refractivity contribution is 7.47. The van der Waals surface area contributed by atoms with Gasteiger partial charge in [0.15, 0.2) is 12.2 Å². The molecule has 0 radical (unpaired) electrons. The third-order valence-corrected chi connectivity index (χ3v) is 19.3. The molecule has 3 N–H and O–H groups in total. The van der Waals surface area contributed by atoms with Gasteiger partial charge in [-0.15, -0.1) is 0 Å². The molecule has 0 amide bonds. The molecule has 0 saturated carbocycles. The zero-order valence-corrected chi connectivity index (χ0v) is 63.4. The standard InChI is InChI=1S/C76H144O17P2/c1-8-10-11-12-13-14-15-16-21-25-28-31-34-45-52-59-75(80)92-71(63-86-73(78)57-50-43-38-36-40-47-54-67(3)4)65-90-94(82,83)88-61-70(77)62-89-95(84,85)91-66-72(64-87-74(79)58-51-44-39-37-41-48-55-68(5)6)93-76(81)60-53-46-35-32-29-26-23-20-18-17-19-22-24-27-30-33-42-49-56-69(7)9-2/h14-16,21,67-72,77H,8-13,17-20,22-66H2,1-7H3,(H,82,83)(H,84,85)/b15-14-,21-16-/t69?,70-,71-,72-/m1/s1. The molecule has 0 fully saturated rings. The Kier molecular flexibility index (Phi) is 64.4. The Balaban J connectivity index is 5.16. The van der Waals surface area contributed by atoms with Crippen LogP contribution in [0.3, 0.4) is 0 Å². The molecular formula is C76H144O17P2. The molecule has 19 heteroatoms. The van der Waals surface area contributed by atoms with Gasteiger partial charge >= 0.3 is 39.5 Å².